The van der Waals surface area contributed by atoms with E-state index < -0.39 is 0 Å². The van der Waals surface area contributed by atoms with Gasteiger partial charge in [0.15, 0.2) is 0 Å². The lowest BCUT2D eigenvalue weighted by Gasteiger charge is -2.10. The minimum absolute atomic E-state index is 0.642. The van der Waals surface area contributed by atoms with Gasteiger partial charge >= 0.3 is 0 Å². The van der Waals surface area contributed by atoms with Crippen molar-refractivity contribution in [1.29, 1.82) is 0 Å². The number of halogens is 1. The summed E-state index contributed by atoms with van der Waals surface area (Å²) in [5.74, 6) is 0.933. The molecule has 0 fully saturated rings. The zero-order valence-corrected chi connectivity index (χ0v) is 9.30. The lowest BCUT2D eigenvalue weighted by Crippen LogP contribution is -2.05. The fourth-order valence-electron chi connectivity index (χ4n) is 1.22. The molecule has 0 aliphatic carbocycles. The van der Waals surface area contributed by atoms with E-state index in [-0.39, 0.29) is 0 Å². The zero-order valence-electron chi connectivity index (χ0n) is 7.72. The monoisotopic (exact) mass is 243 g/mol. The van der Waals surface area contributed by atoms with Gasteiger partial charge in [-0.15, -0.1) is 0 Å². The van der Waals surface area contributed by atoms with Crippen LogP contribution >= 0.6 is 15.9 Å². The molecule has 1 aromatic carbocycles. The van der Waals surface area contributed by atoms with Gasteiger partial charge in [-0.25, -0.2) is 0 Å². The molecule has 2 N–H and O–H groups in total. The number of hydrogen-bond acceptors (Lipinski definition) is 2. The van der Waals surface area contributed by atoms with Crippen LogP contribution in [0.25, 0.3) is 0 Å². The van der Waals surface area contributed by atoms with Crippen LogP contribution in [-0.4, -0.2) is 13.2 Å². The van der Waals surface area contributed by atoms with Crippen molar-refractivity contribution in [3.63, 3.8) is 0 Å². The maximum Gasteiger partial charge on any atom is 0.123 e. The van der Waals surface area contributed by atoms with Gasteiger partial charge in [0.2, 0.25) is 0 Å². The van der Waals surface area contributed by atoms with Crippen molar-refractivity contribution in [1.82, 2.24) is 0 Å². The van der Waals surface area contributed by atoms with E-state index in [1.54, 1.807) is 0 Å². The van der Waals surface area contributed by atoms with Crippen LogP contribution in [0.15, 0.2) is 22.7 Å². The van der Waals surface area contributed by atoms with Crippen LogP contribution in [0.5, 0.6) is 5.75 Å². The molecule has 0 spiro atoms. The van der Waals surface area contributed by atoms with E-state index in [0.29, 0.717) is 13.2 Å². The van der Waals surface area contributed by atoms with Gasteiger partial charge in [0.05, 0.1) is 6.61 Å². The predicted octanol–water partition coefficient (Wildman–Crippen LogP) is 2.35. The van der Waals surface area contributed by atoms with E-state index >= 15 is 0 Å². The Kier molecular flexibility index (Phi) is 4.25. The molecular weight excluding hydrogens is 230 g/mol. The highest BCUT2D eigenvalue weighted by atomic mass is 79.9. The molecule has 2 nitrogen and oxygen atoms in total. The summed E-state index contributed by atoms with van der Waals surface area (Å²) in [6.45, 7) is 3.31. The van der Waals surface area contributed by atoms with Crippen molar-refractivity contribution in [2.24, 2.45) is 5.73 Å². The fraction of sp³-hybridized carbons (Fsp3) is 0.400. The third kappa shape index (κ3) is 2.71. The average molecular weight is 244 g/mol. The standard InChI is InChI=1S/C10H14BrNO/c1-2-13-10-5-3-4-9(11)8(10)6-7-12/h3-5H,2,6-7,12H2,1H3. The Morgan fingerprint density at radius 1 is 1.46 bits per heavy atom. The largest absolute Gasteiger partial charge is 0.494 e. The van der Waals surface area contributed by atoms with Gasteiger partial charge in [0.1, 0.15) is 5.75 Å². The number of rotatable bonds is 4. The van der Waals surface area contributed by atoms with E-state index in [2.05, 4.69) is 15.9 Å². The van der Waals surface area contributed by atoms with Gasteiger partial charge in [-0.2, -0.15) is 0 Å². The minimum atomic E-state index is 0.642. The van der Waals surface area contributed by atoms with E-state index in [1.165, 1.54) is 0 Å². The summed E-state index contributed by atoms with van der Waals surface area (Å²) in [7, 11) is 0. The Morgan fingerprint density at radius 3 is 2.85 bits per heavy atom. The van der Waals surface area contributed by atoms with E-state index in [0.717, 1.165) is 22.2 Å². The van der Waals surface area contributed by atoms with Gasteiger partial charge in [-0.3, -0.25) is 0 Å². The van der Waals surface area contributed by atoms with Crippen molar-refractivity contribution in [3.8, 4) is 5.75 Å². The summed E-state index contributed by atoms with van der Waals surface area (Å²) in [5.41, 5.74) is 6.68. The van der Waals surface area contributed by atoms with Crippen LogP contribution in [0.3, 0.4) is 0 Å². The zero-order chi connectivity index (χ0) is 9.68. The molecule has 0 aliphatic heterocycles. The lowest BCUT2D eigenvalue weighted by molar-refractivity contribution is 0.336. The Hall–Kier alpha value is -0.540. The molecule has 0 saturated carbocycles. The Labute approximate surface area is 87.2 Å². The second kappa shape index (κ2) is 5.25. The molecule has 3 heteroatoms. The molecule has 0 saturated heterocycles. The minimum Gasteiger partial charge on any atom is -0.494 e. The van der Waals surface area contributed by atoms with Crippen LogP contribution in [-0.2, 0) is 6.42 Å². The quantitative estimate of drug-likeness (QED) is 0.882. The van der Waals surface area contributed by atoms with E-state index in [4.69, 9.17) is 10.5 Å². The van der Waals surface area contributed by atoms with Crippen molar-refractivity contribution in [2.45, 2.75) is 13.3 Å². The normalized spacial score (nSPS) is 10.1. The smallest absolute Gasteiger partial charge is 0.123 e. The SMILES string of the molecule is CCOc1cccc(Br)c1CCN. The Balaban J connectivity index is 2.95. The van der Waals surface area contributed by atoms with Gasteiger partial charge in [0.25, 0.3) is 0 Å². The van der Waals surface area contributed by atoms with E-state index in [1.807, 2.05) is 25.1 Å². The second-order valence-electron chi connectivity index (χ2n) is 2.69. The number of nitrogens with two attached hydrogens (primary N) is 1. The maximum absolute atomic E-state index is 5.52. The van der Waals surface area contributed by atoms with Gasteiger partial charge < -0.3 is 10.5 Å². The summed E-state index contributed by atoms with van der Waals surface area (Å²) < 4.78 is 6.56. The fourth-order valence-corrected chi connectivity index (χ4v) is 1.76. The summed E-state index contributed by atoms with van der Waals surface area (Å²) in [6.07, 6.45) is 0.844. The second-order valence-corrected chi connectivity index (χ2v) is 3.54. The van der Waals surface area contributed by atoms with Crippen LogP contribution in [0, 0.1) is 0 Å². The molecule has 13 heavy (non-hydrogen) atoms. The first-order valence-corrected chi connectivity index (χ1v) is 5.19. The first-order chi connectivity index (χ1) is 6.29. The Bertz CT molecular complexity index is 276. The van der Waals surface area contributed by atoms with Crippen molar-refractivity contribution < 1.29 is 4.74 Å². The first-order valence-electron chi connectivity index (χ1n) is 4.39. The van der Waals surface area contributed by atoms with Crippen LogP contribution < -0.4 is 10.5 Å². The molecular formula is C10H14BrNO. The van der Waals surface area contributed by atoms with Crippen LogP contribution in [0.2, 0.25) is 0 Å². The molecule has 0 aliphatic rings. The number of hydrogen-bond donors (Lipinski definition) is 1. The van der Waals surface area contributed by atoms with E-state index in [9.17, 15) is 0 Å². The third-order valence-corrected chi connectivity index (χ3v) is 2.51. The van der Waals surface area contributed by atoms with Crippen molar-refractivity contribution in [3.05, 3.63) is 28.2 Å². The molecule has 0 aromatic heterocycles. The highest BCUT2D eigenvalue weighted by Crippen LogP contribution is 2.26. The summed E-state index contributed by atoms with van der Waals surface area (Å²) in [5, 5.41) is 0. The first kappa shape index (κ1) is 10.5. The van der Waals surface area contributed by atoms with Crippen LogP contribution in [0.1, 0.15) is 12.5 Å². The number of ether oxygens (including phenoxy) is 1. The van der Waals surface area contributed by atoms with Gasteiger partial charge in [-0.1, -0.05) is 22.0 Å². The summed E-state index contributed by atoms with van der Waals surface area (Å²) in [6, 6.07) is 5.95. The number of benzene rings is 1. The van der Waals surface area contributed by atoms with Crippen LogP contribution in [0.4, 0.5) is 0 Å². The lowest BCUT2D eigenvalue weighted by atomic mass is 10.1. The molecule has 0 atom stereocenters. The molecule has 72 valence electrons. The molecule has 1 aromatic rings. The van der Waals surface area contributed by atoms with Crippen molar-refractivity contribution in [2.75, 3.05) is 13.2 Å². The molecule has 0 amide bonds. The maximum atomic E-state index is 5.52. The van der Waals surface area contributed by atoms with Gasteiger partial charge in [0, 0.05) is 10.0 Å². The highest BCUT2D eigenvalue weighted by molar-refractivity contribution is 9.10. The summed E-state index contributed by atoms with van der Waals surface area (Å²) >= 11 is 3.48. The Morgan fingerprint density at radius 2 is 2.23 bits per heavy atom. The van der Waals surface area contributed by atoms with Crippen molar-refractivity contribution >= 4 is 15.9 Å². The average Bonchev–Trinajstić information content (AvgIpc) is 2.11. The predicted molar refractivity (Wildman–Crippen MR) is 58.1 cm³/mol. The third-order valence-electron chi connectivity index (χ3n) is 1.77. The molecule has 1 rings (SSSR count). The topological polar surface area (TPSA) is 35.2 Å². The molecule has 0 radical (unpaired) electrons. The molecule has 0 unspecified atom stereocenters. The van der Waals surface area contributed by atoms with Gasteiger partial charge in [-0.05, 0) is 32.0 Å². The molecule has 0 bridgehead atoms. The highest BCUT2D eigenvalue weighted by Gasteiger charge is 2.05. The molecule has 0 heterocycles. The summed E-state index contributed by atoms with van der Waals surface area (Å²) in [4.78, 5) is 0.